The maximum atomic E-state index is 12.4. The number of thiazole rings is 1. The molecule has 104 valence electrons. The van der Waals surface area contributed by atoms with Gasteiger partial charge < -0.3 is 14.4 Å². The maximum absolute atomic E-state index is 12.4. The van der Waals surface area contributed by atoms with Gasteiger partial charge >= 0.3 is 0 Å². The molecule has 1 aliphatic rings. The number of benzene rings is 1. The number of rotatable bonds is 3. The van der Waals surface area contributed by atoms with E-state index in [2.05, 4.69) is 4.98 Å². The third-order valence-electron chi connectivity index (χ3n) is 3.03. The molecule has 1 aromatic carbocycles. The van der Waals surface area contributed by atoms with E-state index < -0.39 is 0 Å². The summed E-state index contributed by atoms with van der Waals surface area (Å²) in [5, 5.41) is 2.97. The number of aryl methyl sites for hydroxylation is 1. The van der Waals surface area contributed by atoms with Crippen LogP contribution in [-0.4, -0.2) is 29.6 Å². The Bertz CT molecular complexity index is 654. The van der Waals surface area contributed by atoms with E-state index in [0.717, 1.165) is 10.7 Å². The fourth-order valence-electron chi connectivity index (χ4n) is 2.05. The zero-order chi connectivity index (χ0) is 14.1. The zero-order valence-corrected chi connectivity index (χ0v) is 12.1. The molecule has 0 saturated heterocycles. The molecule has 0 bridgehead atoms. The van der Waals surface area contributed by atoms with Crippen molar-refractivity contribution in [2.45, 2.75) is 13.5 Å². The Labute approximate surface area is 120 Å². The number of hydrogen-bond donors (Lipinski definition) is 0. The Morgan fingerprint density at radius 1 is 1.40 bits per heavy atom. The van der Waals surface area contributed by atoms with E-state index in [1.165, 1.54) is 0 Å². The Morgan fingerprint density at radius 2 is 2.20 bits per heavy atom. The first kappa shape index (κ1) is 12.9. The smallest absolute Gasteiger partial charge is 0.254 e. The van der Waals surface area contributed by atoms with Crippen molar-refractivity contribution in [1.82, 2.24) is 9.88 Å². The first-order valence-electron chi connectivity index (χ1n) is 6.19. The minimum Gasteiger partial charge on any atom is -0.454 e. The van der Waals surface area contributed by atoms with Crippen molar-refractivity contribution in [1.29, 1.82) is 0 Å². The first-order valence-corrected chi connectivity index (χ1v) is 7.07. The largest absolute Gasteiger partial charge is 0.454 e. The lowest BCUT2D eigenvalue weighted by atomic mass is 10.2. The van der Waals surface area contributed by atoms with Crippen molar-refractivity contribution in [3.8, 4) is 11.5 Å². The molecule has 0 fully saturated rings. The van der Waals surface area contributed by atoms with E-state index in [1.54, 1.807) is 41.5 Å². The number of ether oxygens (including phenoxy) is 2. The standard InChI is InChI=1S/C14H14N2O3S/c1-9-15-11(7-20-9)6-16(2)14(17)10-3-4-12-13(5-10)19-8-18-12/h3-5,7H,6,8H2,1-2H3. The predicted octanol–water partition coefficient (Wildman–Crippen LogP) is 2.45. The highest BCUT2D eigenvalue weighted by atomic mass is 32.1. The molecule has 2 aromatic rings. The van der Waals surface area contributed by atoms with Crippen molar-refractivity contribution in [2.75, 3.05) is 13.8 Å². The van der Waals surface area contributed by atoms with Crippen molar-refractivity contribution in [3.63, 3.8) is 0 Å². The zero-order valence-electron chi connectivity index (χ0n) is 11.3. The number of amides is 1. The van der Waals surface area contributed by atoms with Gasteiger partial charge in [-0.05, 0) is 25.1 Å². The van der Waals surface area contributed by atoms with Crippen molar-refractivity contribution in [3.05, 3.63) is 39.8 Å². The van der Waals surface area contributed by atoms with Crippen molar-refractivity contribution >= 4 is 17.2 Å². The lowest BCUT2D eigenvalue weighted by Gasteiger charge is -2.16. The average molecular weight is 290 g/mol. The van der Waals surface area contributed by atoms with Gasteiger partial charge in [-0.1, -0.05) is 0 Å². The second-order valence-corrected chi connectivity index (χ2v) is 5.65. The highest BCUT2D eigenvalue weighted by molar-refractivity contribution is 7.09. The Hall–Kier alpha value is -2.08. The molecular formula is C14H14N2O3S. The Morgan fingerprint density at radius 3 is 2.95 bits per heavy atom. The van der Waals surface area contributed by atoms with E-state index >= 15 is 0 Å². The van der Waals surface area contributed by atoms with Crippen LogP contribution in [0.4, 0.5) is 0 Å². The van der Waals surface area contributed by atoms with Crippen LogP contribution < -0.4 is 9.47 Å². The van der Waals surface area contributed by atoms with Crippen LogP contribution in [0.2, 0.25) is 0 Å². The van der Waals surface area contributed by atoms with Gasteiger partial charge in [0.05, 0.1) is 17.2 Å². The molecule has 1 amide bonds. The predicted molar refractivity (Wildman–Crippen MR) is 75.2 cm³/mol. The van der Waals surface area contributed by atoms with E-state index in [9.17, 15) is 4.79 Å². The highest BCUT2D eigenvalue weighted by Gasteiger charge is 2.18. The van der Waals surface area contributed by atoms with Crippen molar-refractivity contribution in [2.24, 2.45) is 0 Å². The number of fused-ring (bicyclic) bond motifs is 1. The molecular weight excluding hydrogens is 276 g/mol. The van der Waals surface area contributed by atoms with Gasteiger partial charge in [-0.2, -0.15) is 0 Å². The summed E-state index contributed by atoms with van der Waals surface area (Å²) in [6, 6.07) is 5.22. The van der Waals surface area contributed by atoms with Crippen LogP contribution in [0.25, 0.3) is 0 Å². The van der Waals surface area contributed by atoms with Crippen molar-refractivity contribution < 1.29 is 14.3 Å². The van der Waals surface area contributed by atoms with Gasteiger partial charge in [0.25, 0.3) is 5.91 Å². The van der Waals surface area contributed by atoms with Gasteiger partial charge in [0.1, 0.15) is 0 Å². The second-order valence-electron chi connectivity index (χ2n) is 4.59. The summed E-state index contributed by atoms with van der Waals surface area (Å²) in [5.74, 6) is 1.24. The number of carbonyl (C=O) groups excluding carboxylic acids is 1. The quantitative estimate of drug-likeness (QED) is 0.871. The van der Waals surface area contributed by atoms with Crippen LogP contribution in [0, 0.1) is 6.92 Å². The highest BCUT2D eigenvalue weighted by Crippen LogP contribution is 2.32. The summed E-state index contributed by atoms with van der Waals surface area (Å²) in [6.45, 7) is 2.66. The summed E-state index contributed by atoms with van der Waals surface area (Å²) < 4.78 is 10.5. The molecule has 0 spiro atoms. The molecule has 3 rings (SSSR count). The van der Waals surface area contributed by atoms with Crippen LogP contribution in [0.5, 0.6) is 11.5 Å². The molecule has 1 aliphatic heterocycles. The number of nitrogens with zero attached hydrogens (tertiary/aromatic N) is 2. The molecule has 6 heteroatoms. The Balaban J connectivity index is 1.74. The molecule has 1 aromatic heterocycles. The summed E-state index contributed by atoms with van der Waals surface area (Å²) in [5.41, 5.74) is 1.49. The molecule has 5 nitrogen and oxygen atoms in total. The van der Waals surface area contributed by atoms with Gasteiger partial charge in [0.2, 0.25) is 6.79 Å². The third kappa shape index (κ3) is 2.46. The summed E-state index contributed by atoms with van der Waals surface area (Å²) in [6.07, 6.45) is 0. The SMILES string of the molecule is Cc1nc(CN(C)C(=O)c2ccc3c(c2)OCO3)cs1. The van der Waals surface area contributed by atoms with Crippen LogP contribution in [0.1, 0.15) is 21.1 Å². The van der Waals surface area contributed by atoms with Gasteiger partial charge in [0.15, 0.2) is 11.5 Å². The van der Waals surface area contributed by atoms with E-state index in [4.69, 9.17) is 9.47 Å². The molecule has 20 heavy (non-hydrogen) atoms. The molecule has 0 N–H and O–H groups in total. The summed E-state index contributed by atoms with van der Waals surface area (Å²) in [7, 11) is 1.77. The van der Waals surface area contributed by atoms with Gasteiger partial charge in [-0.3, -0.25) is 4.79 Å². The molecule has 0 unspecified atom stereocenters. The average Bonchev–Trinajstić information content (AvgIpc) is 3.05. The summed E-state index contributed by atoms with van der Waals surface area (Å²) >= 11 is 1.58. The van der Waals surface area contributed by atoms with Crippen LogP contribution >= 0.6 is 11.3 Å². The third-order valence-corrected chi connectivity index (χ3v) is 3.85. The molecule has 2 heterocycles. The van der Waals surface area contributed by atoms with E-state index in [-0.39, 0.29) is 12.7 Å². The minimum absolute atomic E-state index is 0.0612. The monoisotopic (exact) mass is 290 g/mol. The van der Waals surface area contributed by atoms with Crippen LogP contribution in [-0.2, 0) is 6.54 Å². The number of aromatic nitrogens is 1. The van der Waals surface area contributed by atoms with E-state index in [0.29, 0.717) is 23.6 Å². The maximum Gasteiger partial charge on any atom is 0.254 e. The lowest BCUT2D eigenvalue weighted by molar-refractivity contribution is 0.0783. The van der Waals surface area contributed by atoms with Crippen LogP contribution in [0.15, 0.2) is 23.6 Å². The lowest BCUT2D eigenvalue weighted by Crippen LogP contribution is -2.26. The van der Waals surface area contributed by atoms with Gasteiger partial charge in [-0.25, -0.2) is 4.98 Å². The number of hydrogen-bond acceptors (Lipinski definition) is 5. The Kier molecular flexibility index (Phi) is 3.31. The topological polar surface area (TPSA) is 51.7 Å². The van der Waals surface area contributed by atoms with Gasteiger partial charge in [0, 0.05) is 18.0 Å². The van der Waals surface area contributed by atoms with Crippen LogP contribution in [0.3, 0.4) is 0 Å². The minimum atomic E-state index is -0.0612. The fraction of sp³-hybridized carbons (Fsp3) is 0.286. The van der Waals surface area contributed by atoms with E-state index in [1.807, 2.05) is 12.3 Å². The second kappa shape index (κ2) is 5.13. The summed E-state index contributed by atoms with van der Waals surface area (Å²) in [4.78, 5) is 18.4. The molecule has 0 aliphatic carbocycles. The normalized spacial score (nSPS) is 12.5. The van der Waals surface area contributed by atoms with Gasteiger partial charge in [-0.15, -0.1) is 11.3 Å². The number of carbonyl (C=O) groups is 1. The molecule has 0 atom stereocenters. The first-order chi connectivity index (χ1) is 9.63. The molecule has 0 saturated carbocycles. The fourth-order valence-corrected chi connectivity index (χ4v) is 2.65. The molecule has 0 radical (unpaired) electrons.